The minimum absolute atomic E-state index is 0.0384. The van der Waals surface area contributed by atoms with Crippen LogP contribution in [0.4, 0.5) is 14.5 Å². The molecule has 5 aromatic rings. The lowest BCUT2D eigenvalue weighted by Crippen LogP contribution is -2.58. The summed E-state index contributed by atoms with van der Waals surface area (Å²) < 4.78 is 32.1. The Hall–Kier alpha value is -5.39. The number of carboxylic acids is 1. The van der Waals surface area contributed by atoms with E-state index in [4.69, 9.17) is 10.3 Å². The second kappa shape index (κ2) is 16.5. The summed E-state index contributed by atoms with van der Waals surface area (Å²) in [7, 11) is 0. The molecule has 11 heteroatoms. The van der Waals surface area contributed by atoms with Gasteiger partial charge in [-0.15, -0.1) is 0 Å². The third-order valence-corrected chi connectivity index (χ3v) is 11.4. The molecule has 1 saturated heterocycles. The molecule has 2 aliphatic carbocycles. The Morgan fingerprint density at radius 1 is 0.927 bits per heavy atom. The number of piperidine rings is 1. The van der Waals surface area contributed by atoms with Gasteiger partial charge in [0.05, 0.1) is 17.6 Å². The van der Waals surface area contributed by atoms with Crippen molar-refractivity contribution in [2.45, 2.75) is 76.5 Å². The van der Waals surface area contributed by atoms with Gasteiger partial charge in [0.25, 0.3) is 5.91 Å². The lowest BCUT2D eigenvalue weighted by molar-refractivity contribution is -0.145. The number of fused-ring (bicyclic) bond motifs is 3. The number of nitrogens with zero attached hydrogens (tertiary/aromatic N) is 2. The van der Waals surface area contributed by atoms with Crippen molar-refractivity contribution in [2.24, 2.45) is 5.92 Å². The molecule has 1 saturated carbocycles. The Balaban J connectivity index is 0.000000178. The number of nitrogen functional groups attached to an aromatic ring is 1. The van der Waals surface area contributed by atoms with Crippen molar-refractivity contribution in [3.8, 4) is 22.5 Å². The number of aliphatic hydroxyl groups excluding tert-OH is 1. The number of carbonyl (C=O) groups is 2. The summed E-state index contributed by atoms with van der Waals surface area (Å²) in [5, 5.41) is 26.4. The molecule has 5 N–H and O–H groups in total. The number of halogens is 2. The molecule has 286 valence electrons. The van der Waals surface area contributed by atoms with Crippen LogP contribution in [0.5, 0.6) is 0 Å². The molecule has 2 fully saturated rings. The van der Waals surface area contributed by atoms with Gasteiger partial charge in [0, 0.05) is 49.4 Å². The lowest BCUT2D eigenvalue weighted by Gasteiger charge is -2.43. The zero-order valence-corrected chi connectivity index (χ0v) is 30.8. The molecular formula is C44H46F2N4O5. The summed E-state index contributed by atoms with van der Waals surface area (Å²) in [5.74, 6) is -4.14. The van der Waals surface area contributed by atoms with Gasteiger partial charge >= 0.3 is 5.97 Å². The molecule has 0 unspecified atom stereocenters. The van der Waals surface area contributed by atoms with Gasteiger partial charge in [-0.25, -0.2) is 8.78 Å². The number of carbonyl (C=O) groups excluding carboxylic acids is 1. The smallest absolute Gasteiger partial charge is 0.309 e. The Morgan fingerprint density at radius 3 is 2.45 bits per heavy atom. The highest BCUT2D eigenvalue weighted by molar-refractivity contribution is 5.93. The number of carboxylic acid groups (broad SMARTS) is 1. The maximum atomic E-state index is 14.0. The largest absolute Gasteiger partial charge is 0.481 e. The van der Waals surface area contributed by atoms with Crippen molar-refractivity contribution in [3.63, 3.8) is 0 Å². The summed E-state index contributed by atoms with van der Waals surface area (Å²) in [5.41, 5.74) is 16.8. The Kier molecular flexibility index (Phi) is 11.4. The fourth-order valence-corrected chi connectivity index (χ4v) is 8.39. The number of benzene rings is 4. The van der Waals surface area contributed by atoms with E-state index in [9.17, 15) is 28.6 Å². The number of rotatable bonds is 8. The maximum absolute atomic E-state index is 14.0. The second-order valence-corrected chi connectivity index (χ2v) is 14.9. The van der Waals surface area contributed by atoms with Crippen LogP contribution >= 0.6 is 0 Å². The van der Waals surface area contributed by atoms with Crippen LogP contribution in [0.15, 0.2) is 89.5 Å². The predicted octanol–water partition coefficient (Wildman–Crippen LogP) is 7.36. The molecule has 0 radical (unpaired) electrons. The van der Waals surface area contributed by atoms with Gasteiger partial charge in [0.15, 0.2) is 11.5 Å². The van der Waals surface area contributed by atoms with Crippen LogP contribution in [0.3, 0.4) is 0 Å². The molecule has 4 atom stereocenters. The summed E-state index contributed by atoms with van der Waals surface area (Å²) in [6.45, 7) is 2.98. The number of nitrogens with two attached hydrogens (primary N) is 1. The molecule has 1 aromatic heterocycles. The molecule has 1 aliphatic heterocycles. The van der Waals surface area contributed by atoms with E-state index in [0.29, 0.717) is 25.5 Å². The summed E-state index contributed by atoms with van der Waals surface area (Å²) in [4.78, 5) is 26.6. The first-order valence-electron chi connectivity index (χ1n) is 19.0. The van der Waals surface area contributed by atoms with Crippen molar-refractivity contribution in [1.82, 2.24) is 15.4 Å². The Bertz CT molecular complexity index is 2170. The highest BCUT2D eigenvalue weighted by Gasteiger charge is 2.40. The quantitative estimate of drug-likeness (QED) is 0.118. The van der Waals surface area contributed by atoms with Gasteiger partial charge in [-0.2, -0.15) is 0 Å². The number of hydrogen-bond donors (Lipinski definition) is 4. The summed E-state index contributed by atoms with van der Waals surface area (Å²) >= 11 is 0. The monoisotopic (exact) mass is 748 g/mol. The zero-order chi connectivity index (χ0) is 38.6. The van der Waals surface area contributed by atoms with E-state index in [0.717, 1.165) is 50.3 Å². The molecule has 9 nitrogen and oxygen atoms in total. The van der Waals surface area contributed by atoms with Gasteiger partial charge in [-0.05, 0) is 90.1 Å². The van der Waals surface area contributed by atoms with Crippen LogP contribution in [0.1, 0.15) is 70.4 Å². The van der Waals surface area contributed by atoms with Crippen LogP contribution < -0.4 is 11.1 Å². The number of aromatic nitrogens is 1. The maximum Gasteiger partial charge on any atom is 0.309 e. The molecule has 2 heterocycles. The lowest BCUT2D eigenvalue weighted by atomic mass is 9.86. The number of aliphatic carboxylic acids is 1. The molecule has 0 spiro atoms. The van der Waals surface area contributed by atoms with E-state index in [1.165, 1.54) is 51.1 Å². The van der Waals surface area contributed by atoms with Crippen molar-refractivity contribution in [3.05, 3.63) is 130 Å². The Morgan fingerprint density at radius 2 is 1.69 bits per heavy atom. The van der Waals surface area contributed by atoms with Crippen LogP contribution in [-0.2, 0) is 24.1 Å². The number of aliphatic hydroxyl groups is 1. The van der Waals surface area contributed by atoms with Crippen molar-refractivity contribution in [1.29, 1.82) is 0 Å². The molecular weight excluding hydrogens is 703 g/mol. The SMILES string of the molecule is Cc1cc2c(c(N)c1CCc1ccccc1)Cc1ccccc1-2.O=C(N[C@H]1CCN([C@@H]2CCCC[C@H]2O)C[C@@H]1C(=O)O)c1cc(-c2ccc(F)cc2F)on1. The highest BCUT2D eigenvalue weighted by Crippen LogP contribution is 2.42. The highest BCUT2D eigenvalue weighted by atomic mass is 19.1. The van der Waals surface area contributed by atoms with Crippen LogP contribution in [0.2, 0.25) is 0 Å². The number of likely N-dealkylation sites (tertiary alicyclic amines) is 1. The molecule has 8 rings (SSSR count). The van der Waals surface area contributed by atoms with Crippen molar-refractivity contribution >= 4 is 17.6 Å². The number of anilines is 1. The van der Waals surface area contributed by atoms with Gasteiger partial charge < -0.3 is 25.8 Å². The fraction of sp³-hybridized carbons (Fsp3) is 0.341. The molecule has 4 aromatic carbocycles. The number of amides is 1. The number of hydrogen-bond acceptors (Lipinski definition) is 7. The van der Waals surface area contributed by atoms with E-state index in [-0.39, 0.29) is 29.6 Å². The number of aryl methyl sites for hydroxylation is 2. The minimum atomic E-state index is -1.03. The third-order valence-electron chi connectivity index (χ3n) is 11.4. The Labute approximate surface area is 319 Å². The van der Waals surface area contributed by atoms with Gasteiger partial charge in [0.1, 0.15) is 11.6 Å². The summed E-state index contributed by atoms with van der Waals surface area (Å²) in [6.07, 6.45) is 6.45. The summed E-state index contributed by atoms with van der Waals surface area (Å²) in [6, 6.07) is 25.1. The minimum Gasteiger partial charge on any atom is -0.481 e. The average Bonchev–Trinajstić information content (AvgIpc) is 3.82. The molecule has 1 amide bonds. The van der Waals surface area contributed by atoms with Crippen molar-refractivity contribution in [2.75, 3.05) is 18.8 Å². The first kappa shape index (κ1) is 37.9. The van der Waals surface area contributed by atoms with E-state index >= 15 is 0 Å². The normalized spacial score (nSPS) is 20.5. The standard InChI is InChI=1S/C22H25F2N3O5.C22H21N/c23-12-5-6-13(15(24)9-12)20-10-17(26-32-20)21(29)25-16-7-8-27(11-14(16)22(30)31)18-3-1-2-4-19(18)28;1-15-13-20-19-10-6-5-9-17(19)14-21(20)22(23)18(15)12-11-16-7-3-2-4-8-16/h5-6,9-10,14,16,18-19,28H,1-4,7-8,11H2,(H,25,29)(H,30,31);2-10,13H,11-12,14,23H2,1H3/t14-,16-,18+,19+;/m0./s1. The van der Waals surface area contributed by atoms with E-state index in [1.807, 2.05) is 4.90 Å². The molecule has 55 heavy (non-hydrogen) atoms. The van der Waals surface area contributed by atoms with Crippen LogP contribution in [-0.4, -0.2) is 63.4 Å². The zero-order valence-electron chi connectivity index (χ0n) is 30.8. The molecule has 3 aliphatic rings. The average molecular weight is 749 g/mol. The molecule has 0 bridgehead atoms. The van der Waals surface area contributed by atoms with E-state index < -0.39 is 41.6 Å². The first-order chi connectivity index (χ1) is 26.6. The number of nitrogens with one attached hydrogen (secondary N) is 1. The topological polar surface area (TPSA) is 142 Å². The van der Waals surface area contributed by atoms with Gasteiger partial charge in [-0.1, -0.05) is 78.7 Å². The van der Waals surface area contributed by atoms with Crippen LogP contribution in [0, 0.1) is 24.5 Å². The van der Waals surface area contributed by atoms with Crippen LogP contribution in [0.25, 0.3) is 22.5 Å². The van der Waals surface area contributed by atoms with Crippen molar-refractivity contribution < 1.29 is 33.1 Å². The second-order valence-electron chi connectivity index (χ2n) is 14.9. The van der Waals surface area contributed by atoms with E-state index in [1.54, 1.807) is 0 Å². The first-order valence-corrected chi connectivity index (χ1v) is 19.0. The predicted molar refractivity (Wildman–Crippen MR) is 206 cm³/mol. The fourth-order valence-electron chi connectivity index (χ4n) is 8.39. The van der Waals surface area contributed by atoms with E-state index in [2.05, 4.69) is 78.1 Å². The van der Waals surface area contributed by atoms with Gasteiger partial charge in [0.2, 0.25) is 0 Å². The third kappa shape index (κ3) is 8.33. The van der Waals surface area contributed by atoms with Gasteiger partial charge in [-0.3, -0.25) is 14.5 Å².